The number of hydrogen-bond donors (Lipinski definition) is 1. The van der Waals surface area contributed by atoms with Crippen LogP contribution in [0.2, 0.25) is 0 Å². The fourth-order valence-electron chi connectivity index (χ4n) is 3.56. The van der Waals surface area contributed by atoms with Gasteiger partial charge in [0.2, 0.25) is 0 Å². The van der Waals surface area contributed by atoms with Crippen LogP contribution >= 0.6 is 0 Å². The summed E-state index contributed by atoms with van der Waals surface area (Å²) >= 11 is 0. The molecule has 1 saturated heterocycles. The van der Waals surface area contributed by atoms with Crippen molar-refractivity contribution in [3.05, 3.63) is 0 Å². The minimum absolute atomic E-state index is 0.267. The molecule has 2 N–H and O–H groups in total. The molecule has 0 amide bonds. The van der Waals surface area contributed by atoms with Crippen LogP contribution in [0.3, 0.4) is 0 Å². The topological polar surface area (TPSA) is 38.5 Å². The molecule has 0 bridgehead atoms. The monoisotopic (exact) mass is 240 g/mol. The molecule has 3 nitrogen and oxygen atoms in total. The summed E-state index contributed by atoms with van der Waals surface area (Å²) in [6.45, 7) is 5.60. The van der Waals surface area contributed by atoms with Crippen LogP contribution in [0.15, 0.2) is 0 Å². The molecule has 0 aromatic rings. The first-order valence-corrected chi connectivity index (χ1v) is 7.22. The summed E-state index contributed by atoms with van der Waals surface area (Å²) < 4.78 is 5.43. The molecule has 0 aromatic heterocycles. The number of rotatable bonds is 4. The first-order chi connectivity index (χ1) is 8.24. The quantitative estimate of drug-likeness (QED) is 0.817. The van der Waals surface area contributed by atoms with Crippen molar-refractivity contribution < 1.29 is 4.74 Å². The predicted molar refractivity (Wildman–Crippen MR) is 71.0 cm³/mol. The van der Waals surface area contributed by atoms with Crippen LogP contribution in [-0.2, 0) is 4.74 Å². The lowest BCUT2D eigenvalue weighted by molar-refractivity contribution is -0.0864. The number of nitrogens with zero attached hydrogens (tertiary/aromatic N) is 1. The summed E-state index contributed by atoms with van der Waals surface area (Å²) in [4.78, 5) is 2.66. The maximum atomic E-state index is 6.04. The van der Waals surface area contributed by atoms with E-state index in [9.17, 15) is 0 Å². The average Bonchev–Trinajstić information content (AvgIpc) is 2.55. The lowest BCUT2D eigenvalue weighted by atomic mass is 9.72. The summed E-state index contributed by atoms with van der Waals surface area (Å²) in [6.07, 6.45) is 8.16. The van der Waals surface area contributed by atoms with Crippen molar-refractivity contribution >= 4 is 0 Å². The molecule has 2 aliphatic rings. The van der Waals surface area contributed by atoms with E-state index in [4.69, 9.17) is 10.5 Å². The van der Waals surface area contributed by atoms with E-state index < -0.39 is 0 Å². The van der Waals surface area contributed by atoms with Gasteiger partial charge in [0, 0.05) is 19.2 Å². The lowest BCUT2D eigenvalue weighted by Gasteiger charge is -2.53. The smallest absolute Gasteiger partial charge is 0.0607 e. The van der Waals surface area contributed by atoms with Gasteiger partial charge in [-0.05, 0) is 51.1 Å². The number of nitrogens with two attached hydrogens (primary N) is 1. The number of methoxy groups -OCH3 is 1. The van der Waals surface area contributed by atoms with Gasteiger partial charge in [-0.2, -0.15) is 0 Å². The molecular weight excluding hydrogens is 212 g/mol. The highest BCUT2D eigenvalue weighted by Gasteiger charge is 2.47. The Labute approximate surface area is 106 Å². The lowest BCUT2D eigenvalue weighted by Crippen LogP contribution is -2.64. The van der Waals surface area contributed by atoms with E-state index in [1.807, 2.05) is 7.11 Å². The predicted octanol–water partition coefficient (Wildman–Crippen LogP) is 2.00. The van der Waals surface area contributed by atoms with Gasteiger partial charge in [-0.15, -0.1) is 0 Å². The zero-order valence-corrected chi connectivity index (χ0v) is 11.5. The van der Waals surface area contributed by atoms with Crippen LogP contribution < -0.4 is 5.73 Å². The molecule has 17 heavy (non-hydrogen) atoms. The first-order valence-electron chi connectivity index (χ1n) is 7.22. The third-order valence-electron chi connectivity index (χ3n) is 5.02. The van der Waals surface area contributed by atoms with Crippen molar-refractivity contribution in [2.45, 2.75) is 57.1 Å². The van der Waals surface area contributed by atoms with Crippen molar-refractivity contribution in [3.63, 3.8) is 0 Å². The van der Waals surface area contributed by atoms with Crippen molar-refractivity contribution in [2.24, 2.45) is 11.7 Å². The highest BCUT2D eigenvalue weighted by atomic mass is 16.5. The van der Waals surface area contributed by atoms with Crippen molar-refractivity contribution in [1.29, 1.82) is 0 Å². The highest BCUT2D eigenvalue weighted by molar-refractivity contribution is 5.04. The van der Waals surface area contributed by atoms with Crippen LogP contribution in [0, 0.1) is 5.92 Å². The SMILES string of the molecule is CCC1CCCN(C2(CN)CC(OC)C2)CC1. The Hall–Kier alpha value is -0.120. The number of ether oxygens (including phenoxy) is 1. The Morgan fingerprint density at radius 1 is 1.29 bits per heavy atom. The first kappa shape index (κ1) is 13.3. The van der Waals surface area contributed by atoms with Crippen molar-refractivity contribution in [2.75, 3.05) is 26.7 Å². The van der Waals surface area contributed by atoms with E-state index in [0.717, 1.165) is 25.3 Å². The largest absolute Gasteiger partial charge is 0.381 e. The zero-order chi connectivity index (χ0) is 12.3. The van der Waals surface area contributed by atoms with E-state index >= 15 is 0 Å². The molecule has 1 unspecified atom stereocenters. The van der Waals surface area contributed by atoms with Gasteiger partial charge in [0.1, 0.15) is 0 Å². The fraction of sp³-hybridized carbons (Fsp3) is 1.00. The summed E-state index contributed by atoms with van der Waals surface area (Å²) in [5, 5.41) is 0. The minimum Gasteiger partial charge on any atom is -0.381 e. The van der Waals surface area contributed by atoms with Gasteiger partial charge in [0.15, 0.2) is 0 Å². The van der Waals surface area contributed by atoms with Crippen molar-refractivity contribution in [1.82, 2.24) is 4.90 Å². The molecule has 1 saturated carbocycles. The normalized spacial score (nSPS) is 39.7. The van der Waals surface area contributed by atoms with E-state index in [-0.39, 0.29) is 5.54 Å². The Morgan fingerprint density at radius 2 is 2.06 bits per heavy atom. The van der Waals surface area contributed by atoms with Crippen LogP contribution in [0.5, 0.6) is 0 Å². The fourth-order valence-corrected chi connectivity index (χ4v) is 3.56. The maximum Gasteiger partial charge on any atom is 0.0607 e. The molecule has 0 aromatic carbocycles. The molecule has 1 atom stereocenters. The van der Waals surface area contributed by atoms with E-state index in [0.29, 0.717) is 6.10 Å². The van der Waals surface area contributed by atoms with Gasteiger partial charge in [0.05, 0.1) is 6.10 Å². The maximum absolute atomic E-state index is 6.04. The summed E-state index contributed by atoms with van der Waals surface area (Å²) in [5.41, 5.74) is 6.30. The second-order valence-electron chi connectivity index (χ2n) is 5.89. The van der Waals surface area contributed by atoms with Crippen LogP contribution in [-0.4, -0.2) is 43.3 Å². The summed E-state index contributed by atoms with van der Waals surface area (Å²) in [7, 11) is 1.82. The van der Waals surface area contributed by atoms with Gasteiger partial charge in [-0.1, -0.05) is 13.3 Å². The van der Waals surface area contributed by atoms with E-state index in [2.05, 4.69) is 11.8 Å². The molecule has 1 aliphatic carbocycles. The molecule has 2 rings (SSSR count). The van der Waals surface area contributed by atoms with Gasteiger partial charge >= 0.3 is 0 Å². The number of likely N-dealkylation sites (tertiary alicyclic amines) is 1. The van der Waals surface area contributed by atoms with Gasteiger partial charge in [-0.25, -0.2) is 0 Å². The molecule has 0 radical (unpaired) electrons. The number of hydrogen-bond acceptors (Lipinski definition) is 3. The van der Waals surface area contributed by atoms with Crippen molar-refractivity contribution in [3.8, 4) is 0 Å². The Bertz CT molecular complexity index is 238. The molecular formula is C14H28N2O. The summed E-state index contributed by atoms with van der Waals surface area (Å²) in [5.74, 6) is 0.938. The second-order valence-corrected chi connectivity index (χ2v) is 5.89. The molecule has 0 spiro atoms. The summed E-state index contributed by atoms with van der Waals surface area (Å²) in [6, 6.07) is 0. The van der Waals surface area contributed by atoms with Gasteiger partial charge in [-0.3, -0.25) is 4.90 Å². The molecule has 3 heteroatoms. The molecule has 1 heterocycles. The molecule has 100 valence electrons. The third kappa shape index (κ3) is 2.67. The third-order valence-corrected chi connectivity index (χ3v) is 5.02. The average molecular weight is 240 g/mol. The second kappa shape index (κ2) is 5.68. The van der Waals surface area contributed by atoms with Gasteiger partial charge in [0.25, 0.3) is 0 Å². The molecule has 2 fully saturated rings. The minimum atomic E-state index is 0.267. The van der Waals surface area contributed by atoms with Crippen LogP contribution in [0.1, 0.15) is 45.4 Å². The Kier molecular flexibility index (Phi) is 4.45. The Balaban J connectivity index is 1.92. The highest BCUT2D eigenvalue weighted by Crippen LogP contribution is 2.40. The molecule has 1 aliphatic heterocycles. The van der Waals surface area contributed by atoms with Gasteiger partial charge < -0.3 is 10.5 Å². The van der Waals surface area contributed by atoms with E-state index in [1.54, 1.807) is 0 Å². The van der Waals surface area contributed by atoms with Crippen LogP contribution in [0.4, 0.5) is 0 Å². The zero-order valence-electron chi connectivity index (χ0n) is 11.5. The van der Waals surface area contributed by atoms with Crippen LogP contribution in [0.25, 0.3) is 0 Å². The standard InChI is InChI=1S/C14H28N2O/c1-3-12-5-4-7-16(8-6-12)14(11-15)9-13(10-14)17-2/h12-13H,3-11,15H2,1-2H3. The Morgan fingerprint density at radius 3 is 2.65 bits per heavy atom. The van der Waals surface area contributed by atoms with E-state index in [1.165, 1.54) is 38.8 Å².